The number of hydrogen-bond acceptors (Lipinski definition) is 4. The van der Waals surface area contributed by atoms with Gasteiger partial charge in [0.25, 0.3) is 5.91 Å². The molecule has 1 amide bonds. The molecule has 2 aromatic carbocycles. The van der Waals surface area contributed by atoms with Crippen LogP contribution in [0.1, 0.15) is 40.7 Å². The van der Waals surface area contributed by atoms with Crippen molar-refractivity contribution >= 4 is 40.0 Å². The van der Waals surface area contributed by atoms with Crippen molar-refractivity contribution in [2.45, 2.75) is 38.6 Å². The highest BCUT2D eigenvalue weighted by molar-refractivity contribution is 6.42. The lowest BCUT2D eigenvalue weighted by Gasteiger charge is -2.44. The molecule has 0 saturated carbocycles. The molecule has 2 aliphatic heterocycles. The Morgan fingerprint density at radius 2 is 1.81 bits per heavy atom. The van der Waals surface area contributed by atoms with Crippen LogP contribution in [0.15, 0.2) is 48.7 Å². The van der Waals surface area contributed by atoms with Gasteiger partial charge < -0.3 is 10.0 Å². The first kappa shape index (κ1) is 25.5. The summed E-state index contributed by atoms with van der Waals surface area (Å²) in [7, 11) is 0. The van der Waals surface area contributed by atoms with Gasteiger partial charge in [0.2, 0.25) is 0 Å². The quantitative estimate of drug-likeness (QED) is 0.469. The predicted octanol–water partition coefficient (Wildman–Crippen LogP) is 5.63. The van der Waals surface area contributed by atoms with Gasteiger partial charge in [-0.3, -0.25) is 14.7 Å². The average molecular weight is 527 g/mol. The first-order chi connectivity index (χ1) is 17.4. The van der Waals surface area contributed by atoms with E-state index in [1.165, 1.54) is 5.56 Å². The monoisotopic (exact) mass is 525 g/mol. The Morgan fingerprint density at radius 1 is 1.03 bits per heavy atom. The number of para-hydroxylation sites is 1. The molecule has 3 heterocycles. The van der Waals surface area contributed by atoms with Crippen LogP contribution in [0.4, 0.5) is 0 Å². The number of carbonyl (C=O) groups is 1. The van der Waals surface area contributed by atoms with Gasteiger partial charge in [0.15, 0.2) is 0 Å². The van der Waals surface area contributed by atoms with Crippen LogP contribution < -0.4 is 0 Å². The molecular weight excluding hydrogens is 493 g/mol. The molecule has 2 saturated heterocycles. The zero-order valence-corrected chi connectivity index (χ0v) is 22.2. The van der Waals surface area contributed by atoms with Gasteiger partial charge in [0.1, 0.15) is 0 Å². The van der Waals surface area contributed by atoms with Crippen LogP contribution >= 0.6 is 23.2 Å². The van der Waals surface area contributed by atoms with Crippen LogP contribution in [-0.4, -0.2) is 64.6 Å². The molecule has 0 bridgehead atoms. The number of nitrogens with zero attached hydrogens (tertiary/aromatic N) is 3. The van der Waals surface area contributed by atoms with E-state index in [2.05, 4.69) is 9.88 Å². The molecule has 7 heteroatoms. The minimum Gasteiger partial charge on any atom is -0.396 e. The molecule has 0 unspecified atom stereocenters. The largest absolute Gasteiger partial charge is 0.396 e. The lowest BCUT2D eigenvalue weighted by molar-refractivity contribution is 0.0242. The summed E-state index contributed by atoms with van der Waals surface area (Å²) in [6.07, 6.45) is 5.68. The lowest BCUT2D eigenvalue weighted by Crippen LogP contribution is -2.52. The third-order valence-electron chi connectivity index (χ3n) is 8.09. The first-order valence-electron chi connectivity index (χ1n) is 12.9. The fourth-order valence-electron chi connectivity index (χ4n) is 6.00. The Hall–Kier alpha value is -2.18. The van der Waals surface area contributed by atoms with Gasteiger partial charge in [-0.2, -0.15) is 0 Å². The van der Waals surface area contributed by atoms with Gasteiger partial charge in [-0.1, -0.05) is 47.5 Å². The topological polar surface area (TPSA) is 56.7 Å². The summed E-state index contributed by atoms with van der Waals surface area (Å²) in [6.45, 7) is 5.59. The Balaban J connectivity index is 1.20. The van der Waals surface area contributed by atoms with Crippen LogP contribution in [0, 0.1) is 18.8 Å². The van der Waals surface area contributed by atoms with E-state index in [1.54, 1.807) is 6.20 Å². The van der Waals surface area contributed by atoms with Crippen molar-refractivity contribution < 1.29 is 9.90 Å². The van der Waals surface area contributed by atoms with Gasteiger partial charge >= 0.3 is 0 Å². The second-order valence-electron chi connectivity index (χ2n) is 10.3. The Labute approximate surface area is 223 Å². The van der Waals surface area contributed by atoms with Crippen molar-refractivity contribution in [1.82, 2.24) is 14.8 Å². The number of fused-ring (bicyclic) bond motifs is 1. The number of aliphatic hydroxyl groups is 1. The maximum Gasteiger partial charge on any atom is 0.254 e. The van der Waals surface area contributed by atoms with E-state index in [0.717, 1.165) is 73.9 Å². The summed E-state index contributed by atoms with van der Waals surface area (Å²) < 4.78 is 0. The standard InChI is InChI=1S/C29H33Cl2N3O2/c1-19-16-32-27-5-3-2-4-24(27)28(19)29(36)33-12-9-23(10-13-33)34-11-8-21(22(17-34)18-35)14-20-6-7-25(30)26(31)15-20/h2-7,15-16,21-23,35H,8-14,17-18H2,1H3/t21-,22+/m1/s1. The number of amides is 1. The zero-order chi connectivity index (χ0) is 25.2. The highest BCUT2D eigenvalue weighted by Gasteiger charge is 2.34. The van der Waals surface area contributed by atoms with Crippen LogP contribution in [-0.2, 0) is 6.42 Å². The normalized spacial score (nSPS) is 21.7. The second-order valence-corrected chi connectivity index (χ2v) is 11.1. The molecule has 0 aliphatic carbocycles. The summed E-state index contributed by atoms with van der Waals surface area (Å²) in [5.74, 6) is 0.768. The molecule has 1 aromatic heterocycles. The van der Waals surface area contributed by atoms with Crippen molar-refractivity contribution in [3.8, 4) is 0 Å². The second kappa shape index (κ2) is 11.1. The zero-order valence-electron chi connectivity index (χ0n) is 20.7. The van der Waals surface area contributed by atoms with Gasteiger partial charge in [0.05, 0.1) is 21.1 Å². The van der Waals surface area contributed by atoms with Gasteiger partial charge in [-0.15, -0.1) is 0 Å². The van der Waals surface area contributed by atoms with E-state index in [1.807, 2.05) is 54.3 Å². The number of hydrogen-bond donors (Lipinski definition) is 1. The lowest BCUT2D eigenvalue weighted by atomic mass is 9.80. The first-order valence-corrected chi connectivity index (χ1v) is 13.6. The smallest absolute Gasteiger partial charge is 0.254 e. The van der Waals surface area contributed by atoms with Crippen molar-refractivity contribution in [3.05, 3.63) is 75.4 Å². The fraction of sp³-hybridized carbons (Fsp3) is 0.448. The maximum absolute atomic E-state index is 13.5. The van der Waals surface area contributed by atoms with Crippen molar-refractivity contribution in [2.75, 3.05) is 32.8 Å². The predicted molar refractivity (Wildman–Crippen MR) is 146 cm³/mol. The SMILES string of the molecule is Cc1cnc2ccccc2c1C(=O)N1CCC(N2CC[C@H](Cc3ccc(Cl)c(Cl)c3)[C@H](CO)C2)CC1. The van der Waals surface area contributed by atoms with E-state index < -0.39 is 0 Å². The van der Waals surface area contributed by atoms with E-state index in [9.17, 15) is 9.90 Å². The maximum atomic E-state index is 13.5. The number of pyridine rings is 1. The molecule has 36 heavy (non-hydrogen) atoms. The molecule has 3 aromatic rings. The van der Waals surface area contributed by atoms with Crippen LogP contribution in [0.5, 0.6) is 0 Å². The van der Waals surface area contributed by atoms with Crippen LogP contribution in [0.2, 0.25) is 10.0 Å². The number of piperidine rings is 2. The molecule has 2 fully saturated rings. The molecule has 2 atom stereocenters. The van der Waals surface area contributed by atoms with Crippen molar-refractivity contribution in [1.29, 1.82) is 0 Å². The van der Waals surface area contributed by atoms with Gasteiger partial charge in [-0.25, -0.2) is 0 Å². The summed E-state index contributed by atoms with van der Waals surface area (Å²) in [4.78, 5) is 22.5. The minimum absolute atomic E-state index is 0.109. The number of likely N-dealkylation sites (tertiary alicyclic amines) is 2. The van der Waals surface area contributed by atoms with Gasteiger partial charge in [0, 0.05) is 43.9 Å². The Morgan fingerprint density at radius 3 is 2.56 bits per heavy atom. The molecule has 1 N–H and O–H groups in total. The molecule has 0 radical (unpaired) electrons. The summed E-state index contributed by atoms with van der Waals surface area (Å²) in [6, 6.07) is 14.2. The van der Waals surface area contributed by atoms with E-state index in [-0.39, 0.29) is 18.4 Å². The third-order valence-corrected chi connectivity index (χ3v) is 8.83. The Bertz CT molecular complexity index is 1240. The number of carbonyl (C=O) groups excluding carboxylic acids is 1. The molecule has 5 nitrogen and oxygen atoms in total. The summed E-state index contributed by atoms with van der Waals surface area (Å²) in [5, 5.41) is 12.3. The summed E-state index contributed by atoms with van der Waals surface area (Å²) in [5.41, 5.74) is 3.74. The van der Waals surface area contributed by atoms with Crippen LogP contribution in [0.25, 0.3) is 10.9 Å². The Kier molecular flexibility index (Phi) is 7.82. The highest BCUT2D eigenvalue weighted by Crippen LogP contribution is 2.32. The van der Waals surface area contributed by atoms with Gasteiger partial charge in [-0.05, 0) is 80.3 Å². The highest BCUT2D eigenvalue weighted by atomic mass is 35.5. The van der Waals surface area contributed by atoms with Crippen LogP contribution in [0.3, 0.4) is 0 Å². The summed E-state index contributed by atoms with van der Waals surface area (Å²) >= 11 is 12.3. The number of rotatable bonds is 5. The number of benzene rings is 2. The molecule has 5 rings (SSSR count). The molecule has 190 valence electrons. The molecular formula is C29H33Cl2N3O2. The van der Waals surface area contributed by atoms with E-state index in [4.69, 9.17) is 23.2 Å². The average Bonchev–Trinajstić information content (AvgIpc) is 2.90. The number of aliphatic hydroxyl groups excluding tert-OH is 1. The third kappa shape index (κ3) is 5.26. The number of halogens is 2. The van der Waals surface area contributed by atoms with Crippen molar-refractivity contribution in [3.63, 3.8) is 0 Å². The molecule has 0 spiro atoms. The molecule has 2 aliphatic rings. The van der Waals surface area contributed by atoms with Crippen molar-refractivity contribution in [2.24, 2.45) is 11.8 Å². The number of aryl methyl sites for hydroxylation is 1. The van der Waals surface area contributed by atoms with E-state index in [0.29, 0.717) is 22.0 Å². The minimum atomic E-state index is 0.109. The fourth-order valence-corrected chi connectivity index (χ4v) is 6.32. The van der Waals surface area contributed by atoms with E-state index >= 15 is 0 Å². The number of aromatic nitrogens is 1.